The lowest BCUT2D eigenvalue weighted by atomic mass is 10.2. The van der Waals surface area contributed by atoms with Crippen molar-refractivity contribution in [1.82, 2.24) is 4.90 Å². The summed E-state index contributed by atoms with van der Waals surface area (Å²) in [7, 11) is -3.96. The lowest BCUT2D eigenvalue weighted by Crippen LogP contribution is -2.43. The molecule has 0 atom stereocenters. The van der Waals surface area contributed by atoms with Crippen molar-refractivity contribution in [3.63, 3.8) is 0 Å². The van der Waals surface area contributed by atoms with Gasteiger partial charge in [-0.25, -0.2) is 12.8 Å². The second kappa shape index (κ2) is 8.73. The molecule has 1 amide bonds. The first-order valence-corrected chi connectivity index (χ1v) is 10.9. The number of amides is 1. The Morgan fingerprint density at radius 2 is 1.54 bits per heavy atom. The number of rotatable bonds is 5. The molecule has 3 rings (SSSR count). The summed E-state index contributed by atoms with van der Waals surface area (Å²) >= 11 is 0. The summed E-state index contributed by atoms with van der Waals surface area (Å²) < 4.78 is 41.0. The molecule has 0 N–H and O–H groups in total. The Hall–Kier alpha value is -2.41. The zero-order valence-corrected chi connectivity index (χ0v) is 16.8. The number of hydrogen-bond acceptors (Lipinski definition) is 3. The molecule has 7 heteroatoms. The monoisotopic (exact) mass is 404 g/mol. The van der Waals surface area contributed by atoms with E-state index in [0.29, 0.717) is 13.1 Å². The summed E-state index contributed by atoms with van der Waals surface area (Å²) in [6.07, 6.45) is 4.00. The van der Waals surface area contributed by atoms with E-state index in [1.54, 1.807) is 17.0 Å². The van der Waals surface area contributed by atoms with Crippen LogP contribution < -0.4 is 4.31 Å². The Balaban J connectivity index is 1.93. The number of hydrogen-bond donors (Lipinski definition) is 0. The molecule has 0 unspecified atom stereocenters. The normalized spacial score (nSPS) is 15.1. The van der Waals surface area contributed by atoms with Crippen molar-refractivity contribution >= 4 is 21.6 Å². The lowest BCUT2D eigenvalue weighted by Gasteiger charge is -2.28. The number of carbonyl (C=O) groups is 1. The summed E-state index contributed by atoms with van der Waals surface area (Å²) in [6.45, 7) is 2.85. The molecule has 1 aliphatic rings. The van der Waals surface area contributed by atoms with E-state index >= 15 is 0 Å². The summed E-state index contributed by atoms with van der Waals surface area (Å²) in [4.78, 5) is 14.7. The van der Waals surface area contributed by atoms with Crippen LogP contribution in [0.4, 0.5) is 10.1 Å². The smallest absolute Gasteiger partial charge is 0.264 e. The molecular formula is C21H25FN2O3S. The van der Waals surface area contributed by atoms with Crippen LogP contribution in [-0.4, -0.2) is 38.9 Å². The van der Waals surface area contributed by atoms with E-state index in [1.165, 1.54) is 36.4 Å². The van der Waals surface area contributed by atoms with Gasteiger partial charge in [0.25, 0.3) is 10.0 Å². The highest BCUT2D eigenvalue weighted by Gasteiger charge is 2.29. The molecule has 2 aromatic carbocycles. The van der Waals surface area contributed by atoms with Gasteiger partial charge < -0.3 is 4.90 Å². The molecule has 1 heterocycles. The van der Waals surface area contributed by atoms with Crippen LogP contribution in [-0.2, 0) is 14.8 Å². The fraction of sp³-hybridized carbons (Fsp3) is 0.381. The maximum absolute atomic E-state index is 13.4. The Kier molecular flexibility index (Phi) is 6.34. The van der Waals surface area contributed by atoms with Crippen LogP contribution in [0.3, 0.4) is 0 Å². The van der Waals surface area contributed by atoms with Crippen LogP contribution in [0.2, 0.25) is 0 Å². The van der Waals surface area contributed by atoms with E-state index in [-0.39, 0.29) is 23.0 Å². The van der Waals surface area contributed by atoms with Gasteiger partial charge >= 0.3 is 0 Å². The second-order valence-electron chi connectivity index (χ2n) is 7.10. The standard InChI is InChI=1S/C21H25FN2O3S/c1-17-6-12-20(13-7-17)28(26,27)24(19-10-8-18(22)9-11-19)16-21(25)23-14-4-2-3-5-15-23/h6-13H,2-5,14-16H2,1H3. The Labute approximate surface area is 165 Å². The van der Waals surface area contributed by atoms with Crippen LogP contribution in [0.1, 0.15) is 31.2 Å². The van der Waals surface area contributed by atoms with E-state index in [0.717, 1.165) is 35.6 Å². The third kappa shape index (κ3) is 4.70. The van der Waals surface area contributed by atoms with Gasteiger partial charge in [0.15, 0.2) is 0 Å². The minimum absolute atomic E-state index is 0.103. The summed E-state index contributed by atoms with van der Waals surface area (Å²) in [5, 5.41) is 0. The fourth-order valence-electron chi connectivity index (χ4n) is 3.30. The maximum atomic E-state index is 13.4. The topological polar surface area (TPSA) is 57.7 Å². The van der Waals surface area contributed by atoms with Crippen molar-refractivity contribution in [2.75, 3.05) is 23.9 Å². The number of benzene rings is 2. The Morgan fingerprint density at radius 1 is 0.964 bits per heavy atom. The number of halogens is 1. The molecule has 1 fully saturated rings. The number of likely N-dealkylation sites (tertiary alicyclic amines) is 1. The van der Waals surface area contributed by atoms with Crippen molar-refractivity contribution in [2.45, 2.75) is 37.5 Å². The second-order valence-corrected chi connectivity index (χ2v) is 8.96. The average molecular weight is 405 g/mol. The molecule has 28 heavy (non-hydrogen) atoms. The van der Waals surface area contributed by atoms with Gasteiger partial charge in [0, 0.05) is 13.1 Å². The van der Waals surface area contributed by atoms with Crippen molar-refractivity contribution in [1.29, 1.82) is 0 Å². The summed E-state index contributed by atoms with van der Waals surface area (Å²) in [6, 6.07) is 11.6. The molecule has 0 spiro atoms. The molecule has 2 aromatic rings. The van der Waals surface area contributed by atoms with Crippen molar-refractivity contribution in [3.8, 4) is 0 Å². The first-order valence-electron chi connectivity index (χ1n) is 9.51. The van der Waals surface area contributed by atoms with Crippen molar-refractivity contribution in [2.24, 2.45) is 0 Å². The van der Waals surface area contributed by atoms with Gasteiger partial charge in [0.1, 0.15) is 12.4 Å². The molecule has 150 valence electrons. The first-order chi connectivity index (χ1) is 13.4. The largest absolute Gasteiger partial charge is 0.341 e. The lowest BCUT2D eigenvalue weighted by molar-refractivity contribution is -0.129. The summed E-state index contributed by atoms with van der Waals surface area (Å²) in [5.74, 6) is -0.697. The molecule has 1 saturated heterocycles. The minimum Gasteiger partial charge on any atom is -0.341 e. The van der Waals surface area contributed by atoms with Crippen LogP contribution in [0, 0.1) is 12.7 Å². The van der Waals surface area contributed by atoms with Gasteiger partial charge in [-0.05, 0) is 56.2 Å². The molecule has 0 bridgehead atoms. The fourth-order valence-corrected chi connectivity index (χ4v) is 4.72. The number of carbonyl (C=O) groups excluding carboxylic acids is 1. The zero-order valence-electron chi connectivity index (χ0n) is 16.0. The van der Waals surface area contributed by atoms with E-state index in [4.69, 9.17) is 0 Å². The third-order valence-corrected chi connectivity index (χ3v) is 6.75. The van der Waals surface area contributed by atoms with Crippen LogP contribution >= 0.6 is 0 Å². The number of sulfonamides is 1. The van der Waals surface area contributed by atoms with Crippen LogP contribution in [0.25, 0.3) is 0 Å². The number of anilines is 1. The number of nitrogens with zero attached hydrogens (tertiary/aromatic N) is 2. The minimum atomic E-state index is -3.96. The highest BCUT2D eigenvalue weighted by Crippen LogP contribution is 2.25. The van der Waals surface area contributed by atoms with Crippen LogP contribution in [0.5, 0.6) is 0 Å². The van der Waals surface area contributed by atoms with Gasteiger partial charge in [0.05, 0.1) is 10.6 Å². The predicted octanol–water partition coefficient (Wildman–Crippen LogP) is 3.73. The van der Waals surface area contributed by atoms with E-state index in [1.807, 2.05) is 6.92 Å². The maximum Gasteiger partial charge on any atom is 0.264 e. The molecule has 0 aliphatic carbocycles. The third-order valence-electron chi connectivity index (χ3n) is 4.96. The van der Waals surface area contributed by atoms with Gasteiger partial charge in [-0.3, -0.25) is 9.10 Å². The zero-order chi connectivity index (χ0) is 20.1. The molecule has 0 saturated carbocycles. The Bertz CT molecular complexity index is 904. The summed E-state index contributed by atoms with van der Waals surface area (Å²) in [5.41, 5.74) is 1.21. The van der Waals surface area contributed by atoms with E-state index < -0.39 is 15.8 Å². The van der Waals surface area contributed by atoms with Crippen LogP contribution in [0.15, 0.2) is 53.4 Å². The molecule has 0 aromatic heterocycles. The van der Waals surface area contributed by atoms with E-state index in [9.17, 15) is 17.6 Å². The van der Waals surface area contributed by atoms with Crippen molar-refractivity contribution in [3.05, 3.63) is 59.9 Å². The highest BCUT2D eigenvalue weighted by atomic mass is 32.2. The van der Waals surface area contributed by atoms with Gasteiger partial charge in [0.2, 0.25) is 5.91 Å². The quantitative estimate of drug-likeness (QED) is 0.763. The van der Waals surface area contributed by atoms with Crippen molar-refractivity contribution < 1.29 is 17.6 Å². The molecule has 1 aliphatic heterocycles. The predicted molar refractivity (Wildman–Crippen MR) is 107 cm³/mol. The van der Waals surface area contributed by atoms with Gasteiger partial charge in [-0.15, -0.1) is 0 Å². The SMILES string of the molecule is Cc1ccc(S(=O)(=O)N(CC(=O)N2CCCCCC2)c2ccc(F)cc2)cc1. The van der Waals surface area contributed by atoms with Gasteiger partial charge in [-0.1, -0.05) is 30.5 Å². The molecule has 0 radical (unpaired) electrons. The van der Waals surface area contributed by atoms with E-state index in [2.05, 4.69) is 0 Å². The molecule has 5 nitrogen and oxygen atoms in total. The average Bonchev–Trinajstić information content (AvgIpc) is 2.96. The number of aryl methyl sites for hydroxylation is 1. The Morgan fingerprint density at radius 3 is 2.11 bits per heavy atom. The first kappa shape index (κ1) is 20.3. The van der Waals surface area contributed by atoms with Gasteiger partial charge in [-0.2, -0.15) is 0 Å². The highest BCUT2D eigenvalue weighted by molar-refractivity contribution is 7.92. The molecular weight excluding hydrogens is 379 g/mol.